The first kappa shape index (κ1) is 30.0. The third kappa shape index (κ3) is 5.53. The third-order valence-corrected chi connectivity index (χ3v) is 9.36. The number of H-pyrrole nitrogens is 1. The van der Waals surface area contributed by atoms with Crippen LogP contribution in [0.2, 0.25) is 0 Å². The molecule has 0 saturated carbocycles. The summed E-state index contributed by atoms with van der Waals surface area (Å²) in [5, 5.41) is 3.27. The Balaban J connectivity index is 1.69. The minimum atomic E-state index is -3.94. The van der Waals surface area contributed by atoms with Crippen molar-refractivity contribution in [2.45, 2.75) is 5.16 Å². The number of furan rings is 1. The summed E-state index contributed by atoms with van der Waals surface area (Å²) in [5.41, 5.74) is 2.62. The maximum atomic E-state index is 13.7. The molecule has 6 rings (SSSR count). The van der Waals surface area contributed by atoms with Crippen LogP contribution in [0.3, 0.4) is 0 Å². The third-order valence-electron chi connectivity index (χ3n) is 7.32. The number of sulfonamides is 1. The standard InChI is InChI=1S/C31H26FN5O6S2/c1-33-30(38)28-21-14-20(26(37(2)45(4,41)42)16-27(21)43-29(28)17-9-11-19(32)12-10-17)23-15-25(36-31(35-23)44(3,39)40)24-13-18-7-5-6-8-22(18)34-24/h5-16,34H,1-4H3,(H,33,38). The zero-order valence-electron chi connectivity index (χ0n) is 24.4. The number of hydrogen-bond donors (Lipinski definition) is 2. The minimum absolute atomic E-state index is 0.0823. The minimum Gasteiger partial charge on any atom is -0.455 e. The van der Waals surface area contributed by atoms with E-state index >= 15 is 0 Å². The van der Waals surface area contributed by atoms with E-state index < -0.39 is 36.7 Å². The van der Waals surface area contributed by atoms with Gasteiger partial charge in [-0.15, -0.1) is 0 Å². The maximum Gasteiger partial charge on any atom is 0.255 e. The lowest BCUT2D eigenvalue weighted by Crippen LogP contribution is -2.25. The summed E-state index contributed by atoms with van der Waals surface area (Å²) in [4.78, 5) is 25.1. The molecule has 0 aliphatic heterocycles. The highest BCUT2D eigenvalue weighted by Crippen LogP contribution is 2.41. The number of fused-ring (bicyclic) bond motifs is 2. The Morgan fingerprint density at radius 1 is 0.933 bits per heavy atom. The molecular formula is C31H26FN5O6S2. The molecule has 14 heteroatoms. The van der Waals surface area contributed by atoms with Crippen molar-refractivity contribution in [2.75, 3.05) is 30.9 Å². The molecule has 0 aliphatic rings. The molecule has 0 bridgehead atoms. The van der Waals surface area contributed by atoms with Crippen LogP contribution in [0, 0.1) is 5.82 Å². The molecule has 6 aromatic rings. The van der Waals surface area contributed by atoms with Gasteiger partial charge in [0.15, 0.2) is 0 Å². The van der Waals surface area contributed by atoms with Crippen LogP contribution in [-0.2, 0) is 19.9 Å². The number of rotatable bonds is 7. The fourth-order valence-corrected chi connectivity index (χ4v) is 6.05. The van der Waals surface area contributed by atoms with Crippen LogP contribution in [-0.4, -0.2) is 64.3 Å². The number of para-hydroxylation sites is 1. The number of aromatic amines is 1. The fourth-order valence-electron chi connectivity index (χ4n) is 5.01. The molecule has 3 heterocycles. The lowest BCUT2D eigenvalue weighted by atomic mass is 10.0. The zero-order chi connectivity index (χ0) is 32.3. The Bertz CT molecular complexity index is 2330. The van der Waals surface area contributed by atoms with Crippen LogP contribution in [0.5, 0.6) is 0 Å². The van der Waals surface area contributed by atoms with E-state index in [0.29, 0.717) is 16.6 Å². The number of hydrogen-bond acceptors (Lipinski definition) is 8. The molecule has 0 spiro atoms. The van der Waals surface area contributed by atoms with Crippen LogP contribution < -0.4 is 9.62 Å². The smallest absolute Gasteiger partial charge is 0.255 e. The molecular weight excluding hydrogens is 622 g/mol. The average Bonchev–Trinajstić information content (AvgIpc) is 3.60. The van der Waals surface area contributed by atoms with Crippen molar-refractivity contribution in [3.8, 4) is 34.0 Å². The average molecular weight is 648 g/mol. The first-order valence-corrected chi connectivity index (χ1v) is 17.2. The van der Waals surface area contributed by atoms with Gasteiger partial charge in [0.2, 0.25) is 25.0 Å². The molecule has 1 amide bonds. The highest BCUT2D eigenvalue weighted by molar-refractivity contribution is 7.92. The Morgan fingerprint density at radius 3 is 2.27 bits per heavy atom. The van der Waals surface area contributed by atoms with E-state index in [9.17, 15) is 26.0 Å². The summed E-state index contributed by atoms with van der Waals surface area (Å²) in [6, 6.07) is 19.2. The molecule has 0 aliphatic carbocycles. The topological polar surface area (TPSA) is 155 Å². The van der Waals surface area contributed by atoms with Crippen molar-refractivity contribution < 1.29 is 30.4 Å². The molecule has 0 fully saturated rings. The van der Waals surface area contributed by atoms with Gasteiger partial charge in [0, 0.05) is 53.8 Å². The SMILES string of the molecule is CNC(=O)c1c(-c2ccc(F)cc2)oc2cc(N(C)S(C)(=O)=O)c(-c3cc(-c4cc5ccccc5[nH]4)nc(S(C)(=O)=O)n3)cc12. The highest BCUT2D eigenvalue weighted by Gasteiger charge is 2.27. The van der Waals surface area contributed by atoms with Crippen molar-refractivity contribution >= 4 is 53.3 Å². The van der Waals surface area contributed by atoms with Crippen molar-refractivity contribution in [2.24, 2.45) is 0 Å². The molecule has 11 nitrogen and oxygen atoms in total. The number of nitrogens with zero attached hydrogens (tertiary/aromatic N) is 3. The largest absolute Gasteiger partial charge is 0.455 e. The van der Waals surface area contributed by atoms with E-state index in [2.05, 4.69) is 20.3 Å². The van der Waals surface area contributed by atoms with Gasteiger partial charge in [-0.25, -0.2) is 31.2 Å². The maximum absolute atomic E-state index is 13.7. The van der Waals surface area contributed by atoms with Crippen LogP contribution in [0.15, 0.2) is 82.4 Å². The van der Waals surface area contributed by atoms with Gasteiger partial charge in [-0.2, -0.15) is 0 Å². The predicted octanol–water partition coefficient (Wildman–Crippen LogP) is 5.00. The van der Waals surface area contributed by atoms with E-state index in [1.807, 2.05) is 30.3 Å². The second-order valence-corrected chi connectivity index (χ2v) is 14.4. The van der Waals surface area contributed by atoms with Gasteiger partial charge in [0.25, 0.3) is 5.91 Å². The number of benzene rings is 3. The first-order valence-electron chi connectivity index (χ1n) is 13.4. The van der Waals surface area contributed by atoms with Gasteiger partial charge in [-0.05, 0) is 48.5 Å². The summed E-state index contributed by atoms with van der Waals surface area (Å²) >= 11 is 0. The van der Waals surface area contributed by atoms with E-state index in [0.717, 1.165) is 27.7 Å². The summed E-state index contributed by atoms with van der Waals surface area (Å²) in [6.45, 7) is 0. The van der Waals surface area contributed by atoms with Crippen molar-refractivity contribution in [3.05, 3.63) is 84.2 Å². The summed E-state index contributed by atoms with van der Waals surface area (Å²) in [7, 11) is -5.02. The number of carbonyl (C=O) groups excluding carboxylic acids is 1. The molecule has 2 N–H and O–H groups in total. The monoisotopic (exact) mass is 647 g/mol. The van der Waals surface area contributed by atoms with Crippen LogP contribution in [0.25, 0.3) is 55.8 Å². The second kappa shape index (κ2) is 10.8. The van der Waals surface area contributed by atoms with Gasteiger partial charge in [-0.1, -0.05) is 18.2 Å². The van der Waals surface area contributed by atoms with Gasteiger partial charge in [0.1, 0.15) is 17.2 Å². The van der Waals surface area contributed by atoms with E-state index in [4.69, 9.17) is 4.42 Å². The zero-order valence-corrected chi connectivity index (χ0v) is 26.0. The lowest BCUT2D eigenvalue weighted by molar-refractivity contribution is 0.0964. The Labute approximate surface area is 257 Å². The molecule has 45 heavy (non-hydrogen) atoms. The van der Waals surface area contributed by atoms with E-state index in [1.54, 1.807) is 6.07 Å². The Hall–Kier alpha value is -5.08. The molecule has 3 aromatic carbocycles. The lowest BCUT2D eigenvalue weighted by Gasteiger charge is -2.20. The highest BCUT2D eigenvalue weighted by atomic mass is 32.2. The number of anilines is 1. The molecule has 0 atom stereocenters. The Kier molecular flexibility index (Phi) is 7.21. The molecule has 230 valence electrons. The number of aromatic nitrogens is 3. The van der Waals surface area contributed by atoms with Gasteiger partial charge < -0.3 is 14.7 Å². The van der Waals surface area contributed by atoms with E-state index in [1.165, 1.54) is 50.5 Å². The van der Waals surface area contributed by atoms with Gasteiger partial charge in [0.05, 0.1) is 34.6 Å². The normalized spacial score (nSPS) is 12.1. The number of carbonyl (C=O) groups is 1. The first-order chi connectivity index (χ1) is 21.2. The van der Waals surface area contributed by atoms with Crippen LogP contribution >= 0.6 is 0 Å². The number of amides is 1. The molecule has 0 unspecified atom stereocenters. The van der Waals surface area contributed by atoms with Crippen LogP contribution in [0.4, 0.5) is 10.1 Å². The molecule has 0 saturated heterocycles. The summed E-state index contributed by atoms with van der Waals surface area (Å²) < 4.78 is 72.0. The second-order valence-electron chi connectivity index (χ2n) is 10.5. The van der Waals surface area contributed by atoms with Crippen molar-refractivity contribution in [1.82, 2.24) is 20.3 Å². The molecule has 3 aromatic heterocycles. The van der Waals surface area contributed by atoms with Gasteiger partial charge in [-0.3, -0.25) is 9.10 Å². The number of sulfone groups is 1. The molecule has 0 radical (unpaired) electrons. The fraction of sp³-hybridized carbons (Fsp3) is 0.129. The van der Waals surface area contributed by atoms with Crippen molar-refractivity contribution in [1.29, 1.82) is 0 Å². The predicted molar refractivity (Wildman–Crippen MR) is 170 cm³/mol. The Morgan fingerprint density at radius 2 is 1.62 bits per heavy atom. The number of nitrogens with one attached hydrogen (secondary N) is 2. The quantitative estimate of drug-likeness (QED) is 0.229. The summed E-state index contributed by atoms with van der Waals surface area (Å²) in [6.07, 6.45) is 1.99. The summed E-state index contributed by atoms with van der Waals surface area (Å²) in [5.74, 6) is -0.860. The van der Waals surface area contributed by atoms with E-state index in [-0.39, 0.29) is 39.5 Å². The number of halogens is 1. The van der Waals surface area contributed by atoms with Crippen molar-refractivity contribution in [3.63, 3.8) is 0 Å². The van der Waals surface area contributed by atoms with Gasteiger partial charge >= 0.3 is 0 Å². The van der Waals surface area contributed by atoms with Crippen LogP contribution in [0.1, 0.15) is 10.4 Å².